The number of hydrogen-bond donors (Lipinski definition) is 0. The Morgan fingerprint density at radius 3 is 2.81 bits per heavy atom. The van der Waals surface area contributed by atoms with Crippen molar-refractivity contribution in [2.75, 3.05) is 46.6 Å². The Hall–Kier alpha value is -1.86. The number of aryl methyl sites for hydroxylation is 2. The van der Waals surface area contributed by atoms with E-state index < -0.39 is 5.54 Å². The minimum absolute atomic E-state index is 0.0721. The van der Waals surface area contributed by atoms with E-state index in [1.807, 2.05) is 11.8 Å². The van der Waals surface area contributed by atoms with E-state index in [2.05, 4.69) is 0 Å². The highest BCUT2D eigenvalue weighted by Crippen LogP contribution is 2.32. The number of nitrogens with zero attached hydrogens (tertiary/aromatic N) is 2. The maximum atomic E-state index is 13.1. The maximum Gasteiger partial charge on any atom is 0.257 e. The van der Waals surface area contributed by atoms with Gasteiger partial charge in [0.15, 0.2) is 0 Å². The van der Waals surface area contributed by atoms with Crippen molar-refractivity contribution in [1.29, 1.82) is 0 Å². The van der Waals surface area contributed by atoms with Gasteiger partial charge in [-0.15, -0.1) is 0 Å². The van der Waals surface area contributed by atoms with Crippen molar-refractivity contribution < 1.29 is 23.5 Å². The van der Waals surface area contributed by atoms with Gasteiger partial charge in [0.1, 0.15) is 11.5 Å². The molecule has 1 spiro atoms. The first kappa shape index (κ1) is 18.9. The number of furan rings is 1. The van der Waals surface area contributed by atoms with Gasteiger partial charge < -0.3 is 23.7 Å². The van der Waals surface area contributed by atoms with Crippen LogP contribution in [0.3, 0.4) is 0 Å². The number of carbonyl (C=O) groups is 2. The number of amides is 2. The van der Waals surface area contributed by atoms with Gasteiger partial charge in [-0.25, -0.2) is 0 Å². The fourth-order valence-electron chi connectivity index (χ4n) is 4.00. The summed E-state index contributed by atoms with van der Waals surface area (Å²) < 4.78 is 16.3. The van der Waals surface area contributed by atoms with Crippen LogP contribution in [-0.4, -0.2) is 73.7 Å². The summed E-state index contributed by atoms with van der Waals surface area (Å²) in [6.45, 7) is 6.87. The summed E-state index contributed by atoms with van der Waals surface area (Å²) in [5.41, 5.74) is 0.140. The van der Waals surface area contributed by atoms with Gasteiger partial charge in [-0.05, 0) is 32.8 Å². The first-order chi connectivity index (χ1) is 12.5. The molecule has 1 aromatic rings. The second-order valence-corrected chi connectivity index (χ2v) is 7.22. The Morgan fingerprint density at radius 1 is 1.38 bits per heavy atom. The van der Waals surface area contributed by atoms with E-state index in [0.717, 1.165) is 18.6 Å². The minimum Gasteiger partial charge on any atom is -0.466 e. The Bertz CT molecular complexity index is 663. The highest BCUT2D eigenvalue weighted by Gasteiger charge is 2.47. The van der Waals surface area contributed by atoms with Crippen molar-refractivity contribution in [3.05, 3.63) is 23.2 Å². The lowest BCUT2D eigenvalue weighted by Crippen LogP contribution is -2.57. The normalized spacial score (nSPS) is 23.7. The molecule has 0 saturated carbocycles. The summed E-state index contributed by atoms with van der Waals surface area (Å²) in [4.78, 5) is 29.6. The van der Waals surface area contributed by atoms with Crippen molar-refractivity contribution in [2.45, 2.75) is 38.6 Å². The number of carbonyl (C=O) groups excluding carboxylic acids is 2. The summed E-state index contributed by atoms with van der Waals surface area (Å²) in [5.74, 6) is 1.35. The van der Waals surface area contributed by atoms with Crippen LogP contribution in [0.15, 0.2) is 10.5 Å². The van der Waals surface area contributed by atoms with Crippen molar-refractivity contribution in [1.82, 2.24) is 9.80 Å². The summed E-state index contributed by atoms with van der Waals surface area (Å²) >= 11 is 0. The molecule has 1 atom stereocenters. The van der Waals surface area contributed by atoms with Crippen molar-refractivity contribution in [3.8, 4) is 0 Å². The summed E-state index contributed by atoms with van der Waals surface area (Å²) in [6, 6.07) is 1.78. The van der Waals surface area contributed by atoms with Crippen LogP contribution in [0, 0.1) is 13.8 Å². The third-order valence-electron chi connectivity index (χ3n) is 5.33. The van der Waals surface area contributed by atoms with Gasteiger partial charge in [-0.2, -0.15) is 0 Å². The molecule has 0 aromatic carbocycles. The Kier molecular flexibility index (Phi) is 5.67. The Labute approximate surface area is 154 Å². The second-order valence-electron chi connectivity index (χ2n) is 7.22. The molecule has 2 aliphatic heterocycles. The lowest BCUT2D eigenvalue weighted by atomic mass is 9.95. The molecule has 0 bridgehead atoms. The molecule has 0 aliphatic carbocycles. The molecule has 2 amide bonds. The van der Waals surface area contributed by atoms with Crippen LogP contribution in [0.1, 0.15) is 41.1 Å². The van der Waals surface area contributed by atoms with E-state index in [1.54, 1.807) is 25.0 Å². The molecular formula is C19H28N2O5. The molecule has 2 fully saturated rings. The van der Waals surface area contributed by atoms with E-state index in [9.17, 15) is 9.59 Å². The predicted octanol–water partition coefficient (Wildman–Crippen LogP) is 1.77. The molecule has 3 heterocycles. The number of methoxy groups -OCH3 is 1. The summed E-state index contributed by atoms with van der Waals surface area (Å²) in [7, 11) is 1.66. The van der Waals surface area contributed by atoms with Crippen LogP contribution in [-0.2, 0) is 14.3 Å². The van der Waals surface area contributed by atoms with Gasteiger partial charge in [-0.3, -0.25) is 9.59 Å². The molecule has 1 aromatic heterocycles. The van der Waals surface area contributed by atoms with Gasteiger partial charge in [0, 0.05) is 46.4 Å². The lowest BCUT2D eigenvalue weighted by Gasteiger charge is -2.40. The fraction of sp³-hybridized carbons (Fsp3) is 0.684. The molecule has 26 heavy (non-hydrogen) atoms. The summed E-state index contributed by atoms with van der Waals surface area (Å²) in [5, 5.41) is 0. The van der Waals surface area contributed by atoms with Crippen molar-refractivity contribution >= 4 is 11.8 Å². The van der Waals surface area contributed by atoms with E-state index in [4.69, 9.17) is 13.9 Å². The molecule has 3 rings (SSSR count). The number of rotatable bonds is 5. The zero-order valence-electron chi connectivity index (χ0n) is 15.9. The lowest BCUT2D eigenvalue weighted by molar-refractivity contribution is -0.136. The highest BCUT2D eigenvalue weighted by atomic mass is 16.5. The van der Waals surface area contributed by atoms with Gasteiger partial charge >= 0.3 is 0 Å². The molecular weight excluding hydrogens is 336 g/mol. The maximum absolute atomic E-state index is 13.1. The molecule has 2 saturated heterocycles. The third kappa shape index (κ3) is 3.64. The molecule has 7 heteroatoms. The van der Waals surface area contributed by atoms with E-state index in [1.165, 1.54) is 0 Å². The Balaban J connectivity index is 1.83. The first-order valence-corrected chi connectivity index (χ1v) is 9.20. The average molecular weight is 364 g/mol. The van der Waals surface area contributed by atoms with E-state index in [0.29, 0.717) is 57.2 Å². The van der Waals surface area contributed by atoms with Crippen molar-refractivity contribution in [3.63, 3.8) is 0 Å². The molecule has 2 aliphatic rings. The largest absolute Gasteiger partial charge is 0.466 e. The van der Waals surface area contributed by atoms with Gasteiger partial charge in [0.25, 0.3) is 5.91 Å². The molecule has 1 unspecified atom stereocenters. The van der Waals surface area contributed by atoms with Crippen LogP contribution in [0.4, 0.5) is 0 Å². The van der Waals surface area contributed by atoms with Crippen LogP contribution in [0.2, 0.25) is 0 Å². The number of hydrogen-bond acceptors (Lipinski definition) is 5. The predicted molar refractivity (Wildman–Crippen MR) is 95.1 cm³/mol. The van der Waals surface area contributed by atoms with Crippen LogP contribution < -0.4 is 0 Å². The van der Waals surface area contributed by atoms with Crippen LogP contribution >= 0.6 is 0 Å². The zero-order chi connectivity index (χ0) is 18.7. The monoisotopic (exact) mass is 364 g/mol. The zero-order valence-corrected chi connectivity index (χ0v) is 15.9. The van der Waals surface area contributed by atoms with E-state index in [-0.39, 0.29) is 11.8 Å². The number of ether oxygens (including phenoxy) is 2. The van der Waals surface area contributed by atoms with Gasteiger partial charge in [-0.1, -0.05) is 0 Å². The van der Waals surface area contributed by atoms with Crippen LogP contribution in [0.25, 0.3) is 0 Å². The molecule has 0 radical (unpaired) electrons. The quantitative estimate of drug-likeness (QED) is 0.745. The van der Waals surface area contributed by atoms with Gasteiger partial charge in [0.2, 0.25) is 5.91 Å². The molecule has 0 N–H and O–H groups in total. The van der Waals surface area contributed by atoms with Crippen molar-refractivity contribution in [2.24, 2.45) is 0 Å². The highest BCUT2D eigenvalue weighted by molar-refractivity contribution is 5.96. The topological polar surface area (TPSA) is 72.2 Å². The Morgan fingerprint density at radius 2 is 2.19 bits per heavy atom. The summed E-state index contributed by atoms with van der Waals surface area (Å²) in [6.07, 6.45) is 1.85. The average Bonchev–Trinajstić information content (AvgIpc) is 3.17. The van der Waals surface area contributed by atoms with E-state index >= 15 is 0 Å². The SMILES string of the molecule is COCCCN1C(=O)CCN(C(=O)c2cc(C)oc2C)CC12CCOC2. The van der Waals surface area contributed by atoms with Gasteiger partial charge in [0.05, 0.1) is 17.7 Å². The standard InChI is InChI=1S/C19H28N2O5/c1-14-11-16(15(2)26-14)18(23)20-8-5-17(22)21(7-4-9-24-3)19(12-20)6-10-25-13-19/h11H,4-10,12-13H2,1-3H3. The first-order valence-electron chi connectivity index (χ1n) is 9.20. The molecule has 7 nitrogen and oxygen atoms in total. The smallest absolute Gasteiger partial charge is 0.257 e. The second kappa shape index (κ2) is 7.80. The fourth-order valence-corrected chi connectivity index (χ4v) is 4.00. The third-order valence-corrected chi connectivity index (χ3v) is 5.33. The molecule has 144 valence electrons. The van der Waals surface area contributed by atoms with Crippen LogP contribution in [0.5, 0.6) is 0 Å². The minimum atomic E-state index is -0.441.